The zero-order valence-electron chi connectivity index (χ0n) is 13.3. The smallest absolute Gasteiger partial charge is 0.176 e. The Morgan fingerprint density at radius 1 is 0.958 bits per heavy atom. The first-order valence-electron chi connectivity index (χ1n) is 7.53. The maximum Gasteiger partial charge on any atom is 0.176 e. The highest BCUT2D eigenvalue weighted by molar-refractivity contribution is 7.84. The summed E-state index contributed by atoms with van der Waals surface area (Å²) in [6.45, 7) is 0. The number of benzene rings is 3. The molecule has 0 spiro atoms. The fourth-order valence-electron chi connectivity index (χ4n) is 2.43. The van der Waals surface area contributed by atoms with Gasteiger partial charge in [0.2, 0.25) is 0 Å². The first-order valence-corrected chi connectivity index (χ1v) is 8.63. The molecular weight excluding hydrogens is 318 g/mol. The summed E-state index contributed by atoms with van der Waals surface area (Å²) in [6, 6.07) is 21.5. The largest absolute Gasteiger partial charge is 0.495 e. The van der Waals surface area contributed by atoms with Crippen LogP contribution in [0, 0.1) is 0 Å². The van der Waals surface area contributed by atoms with Gasteiger partial charge in [0.15, 0.2) is 11.0 Å². The van der Waals surface area contributed by atoms with E-state index in [9.17, 15) is 4.21 Å². The van der Waals surface area contributed by atoms with Crippen molar-refractivity contribution >= 4 is 34.0 Å². The lowest BCUT2D eigenvalue weighted by Gasteiger charge is -2.09. The first-order chi connectivity index (χ1) is 11.8. The van der Waals surface area contributed by atoms with Gasteiger partial charge in [-0.3, -0.25) is 0 Å². The van der Waals surface area contributed by atoms with E-state index in [1.807, 2.05) is 72.8 Å². The standard InChI is InChI=1S/C20H17NO2S/c1-23-19-14-13-17-11-5-6-12-18(17)20(19)24(22)21-15-7-10-16-8-3-2-4-9-16/h2-15H,1H3/b10-7+,21-15+/t24-/m0/s1. The molecular formula is C20H17NO2S. The Morgan fingerprint density at radius 2 is 1.71 bits per heavy atom. The van der Waals surface area contributed by atoms with E-state index in [1.54, 1.807) is 19.4 Å². The molecule has 3 aromatic rings. The van der Waals surface area contributed by atoms with Gasteiger partial charge in [0.1, 0.15) is 10.6 Å². The van der Waals surface area contributed by atoms with Crippen molar-refractivity contribution in [2.75, 3.05) is 7.11 Å². The molecule has 0 saturated carbocycles. The molecule has 0 aliphatic rings. The number of fused-ring (bicyclic) bond motifs is 1. The molecule has 4 heteroatoms. The summed E-state index contributed by atoms with van der Waals surface area (Å²) in [5, 5.41) is 1.90. The molecule has 0 aromatic heterocycles. The zero-order valence-corrected chi connectivity index (χ0v) is 14.1. The highest BCUT2D eigenvalue weighted by atomic mass is 32.2. The number of nitrogens with zero attached hydrogens (tertiary/aromatic N) is 1. The molecule has 24 heavy (non-hydrogen) atoms. The van der Waals surface area contributed by atoms with Crippen LogP contribution in [0.2, 0.25) is 0 Å². The van der Waals surface area contributed by atoms with E-state index in [0.717, 1.165) is 16.3 Å². The molecule has 0 fully saturated rings. The summed E-state index contributed by atoms with van der Waals surface area (Å²) in [5.41, 5.74) is 1.07. The van der Waals surface area contributed by atoms with E-state index in [4.69, 9.17) is 4.74 Å². The Kier molecular flexibility index (Phi) is 5.18. The van der Waals surface area contributed by atoms with E-state index in [-0.39, 0.29) is 0 Å². The fraction of sp³-hybridized carbons (Fsp3) is 0.0500. The second-order valence-corrected chi connectivity index (χ2v) is 6.21. The van der Waals surface area contributed by atoms with Crippen LogP contribution in [0.3, 0.4) is 0 Å². The summed E-state index contributed by atoms with van der Waals surface area (Å²) in [5.74, 6) is 0.580. The van der Waals surface area contributed by atoms with Crippen molar-refractivity contribution in [3.63, 3.8) is 0 Å². The van der Waals surface area contributed by atoms with Crippen LogP contribution in [0.25, 0.3) is 16.8 Å². The Balaban J connectivity index is 1.88. The maximum atomic E-state index is 12.6. The van der Waals surface area contributed by atoms with E-state index < -0.39 is 11.0 Å². The molecule has 0 radical (unpaired) electrons. The molecule has 3 aromatic carbocycles. The van der Waals surface area contributed by atoms with Crippen LogP contribution in [0.15, 0.2) is 82.1 Å². The van der Waals surface area contributed by atoms with E-state index in [0.29, 0.717) is 10.6 Å². The molecule has 3 nitrogen and oxygen atoms in total. The van der Waals surface area contributed by atoms with Crippen LogP contribution >= 0.6 is 0 Å². The second-order valence-electron chi connectivity index (χ2n) is 5.09. The Bertz CT molecular complexity index is 917. The molecule has 0 N–H and O–H groups in total. The lowest BCUT2D eigenvalue weighted by atomic mass is 10.1. The van der Waals surface area contributed by atoms with Crippen molar-refractivity contribution in [2.24, 2.45) is 4.40 Å². The Labute approximate surface area is 143 Å². The minimum atomic E-state index is -1.53. The monoisotopic (exact) mass is 335 g/mol. The van der Waals surface area contributed by atoms with Crippen LogP contribution in [-0.2, 0) is 11.0 Å². The normalized spacial score (nSPS) is 12.9. The molecule has 120 valence electrons. The van der Waals surface area contributed by atoms with Crippen molar-refractivity contribution in [1.29, 1.82) is 0 Å². The third kappa shape index (κ3) is 3.60. The van der Waals surface area contributed by atoms with Crippen LogP contribution in [0.1, 0.15) is 5.56 Å². The summed E-state index contributed by atoms with van der Waals surface area (Å²) in [6.07, 6.45) is 5.26. The van der Waals surface area contributed by atoms with Crippen LogP contribution in [-0.4, -0.2) is 17.5 Å². The van der Waals surface area contributed by atoms with Gasteiger partial charge in [-0.15, -0.1) is 0 Å². The number of methoxy groups -OCH3 is 1. The average Bonchev–Trinajstić information content (AvgIpc) is 2.65. The highest BCUT2D eigenvalue weighted by Crippen LogP contribution is 2.31. The molecule has 0 saturated heterocycles. The lowest BCUT2D eigenvalue weighted by molar-refractivity contribution is 0.405. The summed E-state index contributed by atoms with van der Waals surface area (Å²) >= 11 is 0. The molecule has 0 amide bonds. The van der Waals surface area contributed by atoms with Crippen molar-refractivity contribution < 1.29 is 8.95 Å². The summed E-state index contributed by atoms with van der Waals surface area (Å²) in [4.78, 5) is 0.597. The van der Waals surface area contributed by atoms with Gasteiger partial charge in [-0.1, -0.05) is 66.7 Å². The minimum absolute atomic E-state index is 0.580. The molecule has 0 aliphatic carbocycles. The van der Waals surface area contributed by atoms with Gasteiger partial charge in [0.05, 0.1) is 7.11 Å². The topological polar surface area (TPSA) is 38.7 Å². The first kappa shape index (κ1) is 16.1. The quantitative estimate of drug-likeness (QED) is 0.636. The predicted octanol–water partition coefficient (Wildman–Crippen LogP) is 4.66. The van der Waals surface area contributed by atoms with E-state index in [1.165, 1.54) is 0 Å². The van der Waals surface area contributed by atoms with Crippen molar-refractivity contribution in [3.05, 3.63) is 78.4 Å². The van der Waals surface area contributed by atoms with Crippen molar-refractivity contribution in [2.45, 2.75) is 4.90 Å². The average molecular weight is 335 g/mol. The third-order valence-electron chi connectivity index (χ3n) is 3.57. The number of rotatable bonds is 5. The maximum absolute atomic E-state index is 12.6. The van der Waals surface area contributed by atoms with Gasteiger partial charge in [-0.2, -0.15) is 4.40 Å². The molecule has 0 bridgehead atoms. The van der Waals surface area contributed by atoms with Crippen LogP contribution < -0.4 is 4.74 Å². The highest BCUT2D eigenvalue weighted by Gasteiger charge is 2.13. The predicted molar refractivity (Wildman–Crippen MR) is 101 cm³/mol. The molecule has 0 aliphatic heterocycles. The van der Waals surface area contributed by atoms with Gasteiger partial charge >= 0.3 is 0 Å². The van der Waals surface area contributed by atoms with Crippen LogP contribution in [0.5, 0.6) is 5.75 Å². The number of allylic oxidation sites excluding steroid dienone is 1. The van der Waals surface area contributed by atoms with Gasteiger partial charge in [-0.05, 0) is 23.1 Å². The second kappa shape index (κ2) is 7.70. The van der Waals surface area contributed by atoms with Gasteiger partial charge in [-0.25, -0.2) is 4.21 Å². The zero-order chi connectivity index (χ0) is 16.8. The minimum Gasteiger partial charge on any atom is -0.495 e. The summed E-state index contributed by atoms with van der Waals surface area (Å²) < 4.78 is 22.2. The van der Waals surface area contributed by atoms with Gasteiger partial charge in [0, 0.05) is 11.6 Å². The van der Waals surface area contributed by atoms with E-state index in [2.05, 4.69) is 4.40 Å². The van der Waals surface area contributed by atoms with Crippen LogP contribution in [0.4, 0.5) is 0 Å². The molecule has 0 unspecified atom stereocenters. The number of hydrogen-bond donors (Lipinski definition) is 0. The lowest BCUT2D eigenvalue weighted by Crippen LogP contribution is -1.95. The molecule has 3 rings (SSSR count). The molecule has 1 atom stereocenters. The Morgan fingerprint density at radius 3 is 2.50 bits per heavy atom. The fourth-order valence-corrected chi connectivity index (χ4v) is 3.41. The van der Waals surface area contributed by atoms with Crippen molar-refractivity contribution in [3.8, 4) is 5.75 Å². The number of ether oxygens (including phenoxy) is 1. The SMILES string of the molecule is COc1ccc2ccccc2c1[S@](=O)/N=C/C=C/c1ccccc1. The number of hydrogen-bond acceptors (Lipinski definition) is 2. The summed E-state index contributed by atoms with van der Waals surface area (Å²) in [7, 11) is 0.0391. The van der Waals surface area contributed by atoms with E-state index >= 15 is 0 Å². The third-order valence-corrected chi connectivity index (χ3v) is 4.65. The van der Waals surface area contributed by atoms with Gasteiger partial charge < -0.3 is 4.74 Å². The Hall–Kier alpha value is -2.72. The van der Waals surface area contributed by atoms with Gasteiger partial charge in [0.25, 0.3) is 0 Å². The van der Waals surface area contributed by atoms with Crippen molar-refractivity contribution in [1.82, 2.24) is 0 Å². The molecule has 0 heterocycles.